The van der Waals surface area contributed by atoms with E-state index in [0.29, 0.717) is 12.0 Å². The lowest BCUT2D eigenvalue weighted by Gasteiger charge is -2.47. The maximum atomic E-state index is 14.5. The fraction of sp³-hybridized carbons (Fsp3) is 0.667. The van der Waals surface area contributed by atoms with Gasteiger partial charge in [0.05, 0.1) is 5.60 Å². The number of aryl methyl sites for hydroxylation is 1. The normalized spacial score (nSPS) is 28.9. The predicted octanol–water partition coefficient (Wildman–Crippen LogP) is 4.01. The molecule has 1 aromatic carbocycles. The van der Waals surface area contributed by atoms with Crippen LogP contribution in [0.25, 0.3) is 0 Å². The van der Waals surface area contributed by atoms with Crippen molar-refractivity contribution in [3.8, 4) is 0 Å². The number of aliphatic hydroxyl groups is 1. The molecule has 1 aromatic rings. The van der Waals surface area contributed by atoms with E-state index in [2.05, 4.69) is 41.7 Å². The highest BCUT2D eigenvalue weighted by molar-refractivity contribution is 9.10. The molecule has 22 heavy (non-hydrogen) atoms. The number of piperidine rings is 1. The van der Waals surface area contributed by atoms with E-state index in [0.717, 1.165) is 41.5 Å². The average Bonchev–Trinajstić information content (AvgIpc) is 2.66. The summed E-state index contributed by atoms with van der Waals surface area (Å²) in [6.45, 7) is 8.03. The Hall–Kier alpha value is -0.450. The Morgan fingerprint density at radius 2 is 1.91 bits per heavy atom. The standard InChI is InChI=1S/C18H25BrFNO/c1-11-9-14(20)13-10-17(2,3)18(22,15(13)16(11)19)12-5-7-21(4)8-6-12/h9,12,22H,5-8,10H2,1-4H3. The Labute approximate surface area is 140 Å². The Morgan fingerprint density at radius 1 is 1.32 bits per heavy atom. The number of benzene rings is 1. The summed E-state index contributed by atoms with van der Waals surface area (Å²) >= 11 is 3.63. The van der Waals surface area contributed by atoms with Crippen LogP contribution in [-0.2, 0) is 12.0 Å². The van der Waals surface area contributed by atoms with Crippen molar-refractivity contribution >= 4 is 15.9 Å². The summed E-state index contributed by atoms with van der Waals surface area (Å²) in [5.74, 6) is 0.00470. The Balaban J connectivity index is 2.16. The first-order valence-electron chi connectivity index (χ1n) is 8.07. The van der Waals surface area contributed by atoms with Gasteiger partial charge in [0.1, 0.15) is 5.82 Å². The highest BCUT2D eigenvalue weighted by Gasteiger charge is 2.57. The Bertz CT molecular complexity index is 608. The fourth-order valence-corrected chi connectivity index (χ4v) is 5.11. The van der Waals surface area contributed by atoms with E-state index in [1.807, 2.05) is 6.92 Å². The van der Waals surface area contributed by atoms with Gasteiger partial charge in [-0.3, -0.25) is 0 Å². The molecule has 0 spiro atoms. The maximum absolute atomic E-state index is 14.5. The Morgan fingerprint density at radius 3 is 2.50 bits per heavy atom. The smallest absolute Gasteiger partial charge is 0.127 e. The van der Waals surface area contributed by atoms with Gasteiger partial charge in [0.2, 0.25) is 0 Å². The van der Waals surface area contributed by atoms with Crippen LogP contribution in [0.5, 0.6) is 0 Å². The van der Waals surface area contributed by atoms with Crippen LogP contribution >= 0.6 is 15.9 Å². The molecule has 2 nitrogen and oxygen atoms in total. The molecule has 2 aliphatic rings. The van der Waals surface area contributed by atoms with E-state index in [1.54, 1.807) is 6.07 Å². The molecule has 0 aromatic heterocycles. The first kappa shape index (κ1) is 16.4. The molecule has 1 fully saturated rings. The number of hydrogen-bond acceptors (Lipinski definition) is 2. The first-order chi connectivity index (χ1) is 10.2. The summed E-state index contributed by atoms with van der Waals surface area (Å²) in [5.41, 5.74) is 1.05. The van der Waals surface area contributed by atoms with Crippen molar-refractivity contribution in [1.82, 2.24) is 4.90 Å². The maximum Gasteiger partial charge on any atom is 0.127 e. The second-order valence-corrected chi connectivity index (χ2v) is 8.54. The minimum absolute atomic E-state index is 0.173. The SMILES string of the molecule is Cc1cc(F)c2c(c1Br)C(O)(C1CCN(C)CC1)C(C)(C)C2. The topological polar surface area (TPSA) is 23.5 Å². The van der Waals surface area contributed by atoms with Crippen LogP contribution in [0.15, 0.2) is 10.5 Å². The third-order valence-corrected chi connectivity index (χ3v) is 6.86. The molecule has 1 N–H and O–H groups in total. The second-order valence-electron chi connectivity index (χ2n) is 7.75. The summed E-state index contributed by atoms with van der Waals surface area (Å²) in [5, 5.41) is 11.8. The summed E-state index contributed by atoms with van der Waals surface area (Å²) in [4.78, 5) is 2.30. The molecule has 1 saturated heterocycles. The molecule has 3 rings (SSSR count). The molecular formula is C18H25BrFNO. The summed E-state index contributed by atoms with van der Waals surface area (Å²) in [7, 11) is 2.12. The lowest BCUT2D eigenvalue weighted by molar-refractivity contribution is -0.122. The van der Waals surface area contributed by atoms with Crippen molar-refractivity contribution in [2.45, 2.75) is 45.6 Å². The number of fused-ring (bicyclic) bond motifs is 1. The van der Waals surface area contributed by atoms with Gasteiger partial charge < -0.3 is 10.0 Å². The van der Waals surface area contributed by atoms with Crippen molar-refractivity contribution < 1.29 is 9.50 Å². The third kappa shape index (κ3) is 2.18. The zero-order chi connectivity index (χ0) is 16.3. The molecular weight excluding hydrogens is 345 g/mol. The van der Waals surface area contributed by atoms with Crippen LogP contribution in [0, 0.1) is 24.1 Å². The quantitative estimate of drug-likeness (QED) is 0.808. The van der Waals surface area contributed by atoms with Gasteiger partial charge in [0.25, 0.3) is 0 Å². The number of nitrogens with zero attached hydrogens (tertiary/aromatic N) is 1. The predicted molar refractivity (Wildman–Crippen MR) is 90.4 cm³/mol. The minimum atomic E-state index is -0.963. The first-order valence-corrected chi connectivity index (χ1v) is 8.86. The van der Waals surface area contributed by atoms with Crippen molar-refractivity contribution in [3.63, 3.8) is 0 Å². The summed E-state index contributed by atoms with van der Waals surface area (Å²) < 4.78 is 15.4. The lowest BCUT2D eigenvalue weighted by Crippen LogP contribution is -2.49. The zero-order valence-electron chi connectivity index (χ0n) is 13.8. The number of likely N-dealkylation sites (tertiary alicyclic amines) is 1. The molecule has 1 aliphatic heterocycles. The highest BCUT2D eigenvalue weighted by atomic mass is 79.9. The molecule has 0 bridgehead atoms. The van der Waals surface area contributed by atoms with Crippen LogP contribution in [-0.4, -0.2) is 30.1 Å². The van der Waals surface area contributed by atoms with Gasteiger partial charge >= 0.3 is 0 Å². The van der Waals surface area contributed by atoms with Crippen molar-refractivity contribution in [1.29, 1.82) is 0 Å². The Kier molecular flexibility index (Phi) is 3.94. The molecule has 1 aliphatic carbocycles. The van der Waals surface area contributed by atoms with Crippen LogP contribution in [0.3, 0.4) is 0 Å². The largest absolute Gasteiger partial charge is 0.384 e. The second kappa shape index (κ2) is 5.29. The van der Waals surface area contributed by atoms with Crippen LogP contribution in [0.4, 0.5) is 4.39 Å². The lowest BCUT2D eigenvalue weighted by atomic mass is 9.65. The van der Waals surface area contributed by atoms with E-state index in [-0.39, 0.29) is 17.2 Å². The highest BCUT2D eigenvalue weighted by Crippen LogP contribution is 2.58. The van der Waals surface area contributed by atoms with Gasteiger partial charge in [-0.25, -0.2) is 4.39 Å². The number of hydrogen-bond donors (Lipinski definition) is 1. The average molecular weight is 370 g/mol. The molecule has 1 heterocycles. The number of rotatable bonds is 1. The zero-order valence-corrected chi connectivity index (χ0v) is 15.4. The molecule has 1 unspecified atom stereocenters. The monoisotopic (exact) mass is 369 g/mol. The van der Waals surface area contributed by atoms with Gasteiger partial charge in [-0.05, 0) is 69.4 Å². The van der Waals surface area contributed by atoms with Crippen molar-refractivity contribution in [3.05, 3.63) is 33.0 Å². The van der Waals surface area contributed by atoms with E-state index in [4.69, 9.17) is 0 Å². The van der Waals surface area contributed by atoms with Crippen molar-refractivity contribution in [2.75, 3.05) is 20.1 Å². The van der Waals surface area contributed by atoms with E-state index < -0.39 is 5.60 Å². The van der Waals surface area contributed by atoms with Crippen LogP contribution in [0.2, 0.25) is 0 Å². The molecule has 0 saturated carbocycles. The van der Waals surface area contributed by atoms with Crippen LogP contribution in [0.1, 0.15) is 43.4 Å². The van der Waals surface area contributed by atoms with Crippen molar-refractivity contribution in [2.24, 2.45) is 11.3 Å². The number of halogens is 2. The van der Waals surface area contributed by atoms with E-state index in [1.165, 1.54) is 0 Å². The van der Waals surface area contributed by atoms with Gasteiger partial charge in [-0.1, -0.05) is 29.8 Å². The van der Waals surface area contributed by atoms with E-state index >= 15 is 0 Å². The molecule has 1 atom stereocenters. The summed E-state index contributed by atoms with van der Waals surface area (Å²) in [6.07, 6.45) is 2.51. The van der Waals surface area contributed by atoms with Gasteiger partial charge in [-0.15, -0.1) is 0 Å². The molecule has 122 valence electrons. The van der Waals surface area contributed by atoms with Gasteiger partial charge in [0.15, 0.2) is 0 Å². The fourth-order valence-electron chi connectivity index (χ4n) is 4.46. The minimum Gasteiger partial charge on any atom is -0.384 e. The third-order valence-electron chi connectivity index (χ3n) is 5.84. The van der Waals surface area contributed by atoms with E-state index in [9.17, 15) is 9.50 Å². The molecule has 0 amide bonds. The van der Waals surface area contributed by atoms with Crippen LogP contribution < -0.4 is 0 Å². The summed E-state index contributed by atoms with van der Waals surface area (Å²) in [6, 6.07) is 1.58. The van der Waals surface area contributed by atoms with Gasteiger partial charge in [0, 0.05) is 15.5 Å². The van der Waals surface area contributed by atoms with Gasteiger partial charge in [-0.2, -0.15) is 0 Å². The molecule has 4 heteroatoms. The molecule has 0 radical (unpaired) electrons.